The molecule has 0 saturated carbocycles. The van der Waals surface area contributed by atoms with Gasteiger partial charge in [0, 0.05) is 17.9 Å². The van der Waals surface area contributed by atoms with Crippen LogP contribution in [0.25, 0.3) is 0 Å². The summed E-state index contributed by atoms with van der Waals surface area (Å²) in [6, 6.07) is 4.55. The lowest BCUT2D eigenvalue weighted by Gasteiger charge is -2.38. The molecule has 1 aromatic rings. The summed E-state index contributed by atoms with van der Waals surface area (Å²) in [6.07, 6.45) is -4.71. The van der Waals surface area contributed by atoms with E-state index in [4.69, 9.17) is 0 Å². The summed E-state index contributed by atoms with van der Waals surface area (Å²) >= 11 is 0. The van der Waals surface area contributed by atoms with E-state index in [0.29, 0.717) is 4.90 Å². The van der Waals surface area contributed by atoms with Gasteiger partial charge in [0.15, 0.2) is 0 Å². The van der Waals surface area contributed by atoms with Gasteiger partial charge in [-0.15, -0.1) is 0 Å². The number of nitrogens with zero attached hydrogens (tertiary/aromatic N) is 1. The minimum absolute atomic E-state index is 0.0345. The number of anilines is 2. The van der Waals surface area contributed by atoms with Crippen molar-refractivity contribution in [3.63, 3.8) is 0 Å². The largest absolute Gasteiger partial charge is 0.465 e. The van der Waals surface area contributed by atoms with E-state index in [9.17, 15) is 23.1 Å². The Morgan fingerprint density at radius 1 is 1.33 bits per heavy atom. The van der Waals surface area contributed by atoms with Crippen LogP contribution >= 0.6 is 0 Å². The van der Waals surface area contributed by atoms with Crippen molar-refractivity contribution in [2.45, 2.75) is 38.4 Å². The van der Waals surface area contributed by atoms with E-state index in [-0.39, 0.29) is 5.69 Å². The number of rotatable bonds is 2. The zero-order valence-corrected chi connectivity index (χ0v) is 11.8. The molecule has 0 bridgehead atoms. The molecule has 1 heterocycles. The first-order chi connectivity index (χ1) is 9.64. The quantitative estimate of drug-likeness (QED) is 0.872. The molecule has 0 aliphatic carbocycles. The Morgan fingerprint density at radius 3 is 2.57 bits per heavy atom. The first-order valence-electron chi connectivity index (χ1n) is 6.61. The standard InChI is InChI=1S/C14H17F3N2O2/c1-13(2,14(15,16)17)19(12(20)21)10-5-6-11-9(8-10)4-3-7-18-11/h5-6,8,18H,3-4,7H2,1-2H3,(H,20,21). The highest BCUT2D eigenvalue weighted by molar-refractivity contribution is 5.88. The molecule has 21 heavy (non-hydrogen) atoms. The Balaban J connectivity index is 2.47. The number of fused-ring (bicyclic) bond motifs is 1. The van der Waals surface area contributed by atoms with Crippen molar-refractivity contribution in [2.24, 2.45) is 0 Å². The van der Waals surface area contributed by atoms with Gasteiger partial charge in [0.05, 0.1) is 0 Å². The highest BCUT2D eigenvalue weighted by Gasteiger charge is 2.54. The smallest absolute Gasteiger partial charge is 0.412 e. The van der Waals surface area contributed by atoms with Crippen LogP contribution in [0.2, 0.25) is 0 Å². The van der Waals surface area contributed by atoms with Gasteiger partial charge in [-0.05, 0) is 50.5 Å². The Kier molecular flexibility index (Phi) is 3.78. The molecular formula is C14H17F3N2O2. The molecule has 1 amide bonds. The van der Waals surface area contributed by atoms with Gasteiger partial charge in [-0.1, -0.05) is 0 Å². The molecule has 0 unspecified atom stereocenters. The van der Waals surface area contributed by atoms with E-state index in [0.717, 1.165) is 44.5 Å². The third kappa shape index (κ3) is 2.77. The van der Waals surface area contributed by atoms with Crippen LogP contribution in [0.15, 0.2) is 18.2 Å². The van der Waals surface area contributed by atoms with Crippen molar-refractivity contribution in [2.75, 3.05) is 16.8 Å². The maximum atomic E-state index is 13.2. The number of halogens is 3. The molecule has 2 N–H and O–H groups in total. The van der Waals surface area contributed by atoms with Crippen LogP contribution in [0.5, 0.6) is 0 Å². The Hall–Kier alpha value is -1.92. The number of amides is 1. The number of alkyl halides is 3. The normalized spacial score (nSPS) is 15.1. The molecule has 1 aliphatic heterocycles. The second-order valence-corrected chi connectivity index (χ2v) is 5.55. The van der Waals surface area contributed by atoms with Gasteiger partial charge in [-0.2, -0.15) is 13.2 Å². The topological polar surface area (TPSA) is 52.6 Å². The second kappa shape index (κ2) is 5.13. The van der Waals surface area contributed by atoms with Crippen molar-refractivity contribution in [1.82, 2.24) is 0 Å². The Labute approximate surface area is 120 Å². The number of hydrogen-bond donors (Lipinski definition) is 2. The first kappa shape index (κ1) is 15.5. The van der Waals surface area contributed by atoms with Crippen molar-refractivity contribution < 1.29 is 23.1 Å². The van der Waals surface area contributed by atoms with Crippen molar-refractivity contribution in [3.05, 3.63) is 23.8 Å². The van der Waals surface area contributed by atoms with E-state index >= 15 is 0 Å². The van der Waals surface area contributed by atoms with Gasteiger partial charge in [0.1, 0.15) is 5.54 Å². The van der Waals surface area contributed by atoms with Gasteiger partial charge in [-0.3, -0.25) is 4.90 Å². The summed E-state index contributed by atoms with van der Waals surface area (Å²) in [6.45, 7) is 2.53. The summed E-state index contributed by atoms with van der Waals surface area (Å²) in [5.74, 6) is 0. The summed E-state index contributed by atoms with van der Waals surface area (Å²) in [5.41, 5.74) is -0.787. The molecule has 0 radical (unpaired) electrons. The highest BCUT2D eigenvalue weighted by atomic mass is 19.4. The third-order valence-electron chi connectivity index (χ3n) is 3.73. The summed E-state index contributed by atoms with van der Waals surface area (Å²) < 4.78 is 39.5. The maximum Gasteiger partial charge on any atom is 0.412 e. The number of aryl methyl sites for hydroxylation is 1. The van der Waals surface area contributed by atoms with E-state index < -0.39 is 17.8 Å². The minimum Gasteiger partial charge on any atom is -0.465 e. The number of benzene rings is 1. The summed E-state index contributed by atoms with van der Waals surface area (Å²) in [4.78, 5) is 11.7. The van der Waals surface area contributed by atoms with Crippen LogP contribution in [0.4, 0.5) is 29.3 Å². The van der Waals surface area contributed by atoms with Gasteiger partial charge >= 0.3 is 12.3 Å². The van der Waals surface area contributed by atoms with Gasteiger partial charge < -0.3 is 10.4 Å². The van der Waals surface area contributed by atoms with Crippen molar-refractivity contribution in [1.29, 1.82) is 0 Å². The Bertz CT molecular complexity index is 556. The molecule has 0 aromatic heterocycles. The van der Waals surface area contributed by atoms with Crippen LogP contribution in [-0.4, -0.2) is 29.5 Å². The fourth-order valence-electron chi connectivity index (χ4n) is 2.40. The fourth-order valence-corrected chi connectivity index (χ4v) is 2.40. The van der Waals surface area contributed by atoms with Crippen LogP contribution in [0.1, 0.15) is 25.8 Å². The molecule has 0 fully saturated rings. The highest BCUT2D eigenvalue weighted by Crippen LogP contribution is 2.39. The predicted octanol–water partition coefficient (Wildman–Crippen LogP) is 3.87. The average Bonchev–Trinajstić information content (AvgIpc) is 2.36. The maximum absolute atomic E-state index is 13.2. The van der Waals surface area contributed by atoms with E-state index in [1.165, 1.54) is 12.1 Å². The SMILES string of the molecule is CC(C)(N(C(=O)O)c1ccc2c(c1)CCCN2)C(F)(F)F. The lowest BCUT2D eigenvalue weighted by Crippen LogP contribution is -2.57. The molecule has 0 saturated heterocycles. The van der Waals surface area contributed by atoms with E-state index in [1.807, 2.05) is 0 Å². The molecule has 0 spiro atoms. The van der Waals surface area contributed by atoms with Crippen molar-refractivity contribution >= 4 is 17.5 Å². The summed E-state index contributed by atoms with van der Waals surface area (Å²) in [7, 11) is 0. The minimum atomic E-state index is -4.67. The van der Waals surface area contributed by atoms with E-state index in [2.05, 4.69) is 5.32 Å². The predicted molar refractivity (Wildman–Crippen MR) is 73.9 cm³/mol. The number of hydrogen-bond acceptors (Lipinski definition) is 2. The number of carbonyl (C=O) groups is 1. The molecule has 0 atom stereocenters. The monoisotopic (exact) mass is 302 g/mol. The summed E-state index contributed by atoms with van der Waals surface area (Å²) in [5, 5.41) is 12.4. The van der Waals surface area contributed by atoms with E-state index in [1.54, 1.807) is 6.07 Å². The number of carboxylic acid groups (broad SMARTS) is 1. The zero-order valence-electron chi connectivity index (χ0n) is 11.8. The molecule has 1 aromatic carbocycles. The van der Waals surface area contributed by atoms with Crippen molar-refractivity contribution in [3.8, 4) is 0 Å². The molecular weight excluding hydrogens is 285 g/mol. The first-order valence-corrected chi connectivity index (χ1v) is 6.61. The van der Waals surface area contributed by atoms with Gasteiger partial charge in [-0.25, -0.2) is 4.79 Å². The van der Waals surface area contributed by atoms with Crippen LogP contribution in [0, 0.1) is 0 Å². The molecule has 116 valence electrons. The molecule has 2 rings (SSSR count). The zero-order chi connectivity index (χ0) is 15.8. The fraction of sp³-hybridized carbons (Fsp3) is 0.500. The molecule has 7 heteroatoms. The third-order valence-corrected chi connectivity index (χ3v) is 3.73. The lowest BCUT2D eigenvalue weighted by atomic mass is 9.98. The number of nitrogens with one attached hydrogen (secondary N) is 1. The molecule has 4 nitrogen and oxygen atoms in total. The molecule has 1 aliphatic rings. The van der Waals surface area contributed by atoms with Crippen LogP contribution in [0.3, 0.4) is 0 Å². The second-order valence-electron chi connectivity index (χ2n) is 5.55. The lowest BCUT2D eigenvalue weighted by molar-refractivity contribution is -0.175. The Morgan fingerprint density at radius 2 is 2.00 bits per heavy atom. The average molecular weight is 302 g/mol. The van der Waals surface area contributed by atoms with Crippen LogP contribution in [-0.2, 0) is 6.42 Å². The van der Waals surface area contributed by atoms with Crippen LogP contribution < -0.4 is 10.2 Å². The van der Waals surface area contributed by atoms with Gasteiger partial charge in [0.2, 0.25) is 0 Å². The van der Waals surface area contributed by atoms with Gasteiger partial charge in [0.25, 0.3) is 0 Å².